The Morgan fingerprint density at radius 1 is 1.30 bits per heavy atom. The zero-order valence-corrected chi connectivity index (χ0v) is 12.8. The van der Waals surface area contributed by atoms with Gasteiger partial charge in [-0.2, -0.15) is 0 Å². The molecule has 3 fully saturated rings. The Kier molecular flexibility index (Phi) is 4.32. The molecule has 1 amide bonds. The van der Waals surface area contributed by atoms with E-state index < -0.39 is 0 Å². The van der Waals surface area contributed by atoms with Crippen molar-refractivity contribution in [3.8, 4) is 0 Å². The van der Waals surface area contributed by atoms with Crippen molar-refractivity contribution in [1.29, 1.82) is 0 Å². The smallest absolute Gasteiger partial charge is 0.222 e. The van der Waals surface area contributed by atoms with Crippen LogP contribution in [0.3, 0.4) is 0 Å². The Labute approximate surface area is 122 Å². The van der Waals surface area contributed by atoms with Gasteiger partial charge in [0.15, 0.2) is 0 Å². The lowest BCUT2D eigenvalue weighted by atomic mass is 9.72. The van der Waals surface area contributed by atoms with Crippen molar-refractivity contribution in [2.45, 2.75) is 38.5 Å². The molecule has 4 nitrogen and oxygen atoms in total. The molecule has 114 valence electrons. The van der Waals surface area contributed by atoms with E-state index in [1.54, 1.807) is 0 Å². The molecule has 1 spiro atoms. The van der Waals surface area contributed by atoms with Crippen molar-refractivity contribution in [2.75, 3.05) is 46.4 Å². The van der Waals surface area contributed by atoms with Crippen LogP contribution in [0.25, 0.3) is 0 Å². The van der Waals surface area contributed by atoms with Crippen LogP contribution < -0.4 is 0 Å². The van der Waals surface area contributed by atoms with Crippen molar-refractivity contribution in [3.05, 3.63) is 0 Å². The molecule has 4 heteroatoms. The largest absolute Gasteiger partial charge is 0.381 e. The van der Waals surface area contributed by atoms with E-state index >= 15 is 0 Å². The van der Waals surface area contributed by atoms with E-state index in [2.05, 4.69) is 4.90 Å². The van der Waals surface area contributed by atoms with Gasteiger partial charge in [-0.15, -0.1) is 0 Å². The summed E-state index contributed by atoms with van der Waals surface area (Å²) in [5.74, 6) is 1.07. The molecular formula is C16H28N2O2. The number of rotatable bonds is 2. The summed E-state index contributed by atoms with van der Waals surface area (Å²) in [6.45, 7) is 6.52. The second-order valence-corrected chi connectivity index (χ2v) is 7.13. The number of likely N-dealkylation sites (tertiary alicyclic amines) is 2. The van der Waals surface area contributed by atoms with Crippen LogP contribution in [-0.2, 0) is 9.53 Å². The topological polar surface area (TPSA) is 32.8 Å². The minimum Gasteiger partial charge on any atom is -0.381 e. The number of carbonyl (C=O) groups is 1. The van der Waals surface area contributed by atoms with Crippen molar-refractivity contribution in [1.82, 2.24) is 9.80 Å². The lowest BCUT2D eigenvalue weighted by molar-refractivity contribution is -0.137. The summed E-state index contributed by atoms with van der Waals surface area (Å²) in [5.41, 5.74) is 0.419. The van der Waals surface area contributed by atoms with Crippen LogP contribution in [0.1, 0.15) is 38.5 Å². The third-order valence-electron chi connectivity index (χ3n) is 5.56. The monoisotopic (exact) mass is 280 g/mol. The number of nitrogens with zero attached hydrogens (tertiary/aromatic N) is 2. The predicted octanol–water partition coefficient (Wildman–Crippen LogP) is 1.75. The molecule has 1 unspecified atom stereocenters. The van der Waals surface area contributed by atoms with Gasteiger partial charge in [0.05, 0.1) is 6.61 Å². The van der Waals surface area contributed by atoms with Crippen molar-refractivity contribution >= 4 is 5.91 Å². The van der Waals surface area contributed by atoms with E-state index in [1.165, 1.54) is 45.3 Å². The van der Waals surface area contributed by atoms with Crippen molar-refractivity contribution < 1.29 is 9.53 Å². The van der Waals surface area contributed by atoms with E-state index in [-0.39, 0.29) is 0 Å². The molecule has 3 aliphatic heterocycles. The number of carbonyl (C=O) groups excluding carboxylic acids is 1. The van der Waals surface area contributed by atoms with Crippen LogP contribution in [-0.4, -0.2) is 62.1 Å². The van der Waals surface area contributed by atoms with Crippen molar-refractivity contribution in [3.63, 3.8) is 0 Å². The van der Waals surface area contributed by atoms with Crippen LogP contribution in [0.5, 0.6) is 0 Å². The molecule has 3 aliphatic rings. The third-order valence-corrected chi connectivity index (χ3v) is 5.56. The summed E-state index contributed by atoms with van der Waals surface area (Å²) in [6, 6.07) is 0. The maximum atomic E-state index is 11.6. The van der Waals surface area contributed by atoms with Gasteiger partial charge in [-0.1, -0.05) is 0 Å². The molecular weight excluding hydrogens is 252 g/mol. The van der Waals surface area contributed by atoms with Gasteiger partial charge in [0.1, 0.15) is 0 Å². The normalized spacial score (nSPS) is 31.8. The lowest BCUT2D eigenvalue weighted by Gasteiger charge is -2.47. The zero-order chi connectivity index (χ0) is 14.0. The van der Waals surface area contributed by atoms with E-state index in [4.69, 9.17) is 4.74 Å². The average molecular weight is 280 g/mol. The van der Waals surface area contributed by atoms with Gasteiger partial charge in [-0.25, -0.2) is 0 Å². The molecule has 3 heterocycles. The van der Waals surface area contributed by atoms with Crippen LogP contribution >= 0.6 is 0 Å². The standard InChI is InChI=1S/C16H28N2O2/c1-17-13-16(5-4-15(17)19)6-8-18(9-7-16)11-14-3-2-10-20-12-14/h14H,2-13H2,1H3. The van der Waals surface area contributed by atoms with Crippen LogP contribution in [0.2, 0.25) is 0 Å². The summed E-state index contributed by atoms with van der Waals surface area (Å²) in [4.78, 5) is 16.2. The molecule has 0 N–H and O–H groups in total. The van der Waals surface area contributed by atoms with Crippen molar-refractivity contribution in [2.24, 2.45) is 11.3 Å². The Morgan fingerprint density at radius 2 is 2.10 bits per heavy atom. The highest BCUT2D eigenvalue weighted by molar-refractivity contribution is 5.76. The number of amides is 1. The Morgan fingerprint density at radius 3 is 2.75 bits per heavy atom. The first kappa shape index (κ1) is 14.3. The van der Waals surface area contributed by atoms with Gasteiger partial charge in [0.25, 0.3) is 0 Å². The van der Waals surface area contributed by atoms with Crippen LogP contribution in [0.4, 0.5) is 0 Å². The zero-order valence-electron chi connectivity index (χ0n) is 12.8. The third kappa shape index (κ3) is 3.17. The fourth-order valence-corrected chi connectivity index (χ4v) is 4.17. The van der Waals surface area contributed by atoms with Gasteiger partial charge in [0.2, 0.25) is 5.91 Å². The Bertz CT molecular complexity index is 344. The molecule has 20 heavy (non-hydrogen) atoms. The number of piperidine rings is 2. The average Bonchev–Trinajstić information content (AvgIpc) is 2.47. The molecule has 0 aliphatic carbocycles. The quantitative estimate of drug-likeness (QED) is 0.772. The Hall–Kier alpha value is -0.610. The van der Waals surface area contributed by atoms with E-state index in [9.17, 15) is 4.79 Å². The lowest BCUT2D eigenvalue weighted by Crippen LogP contribution is -2.51. The number of ether oxygens (including phenoxy) is 1. The summed E-state index contributed by atoms with van der Waals surface area (Å²) in [5, 5.41) is 0. The van der Waals surface area contributed by atoms with E-state index in [0.717, 1.165) is 38.5 Å². The highest BCUT2D eigenvalue weighted by Gasteiger charge is 2.40. The first-order chi connectivity index (χ1) is 9.67. The fraction of sp³-hybridized carbons (Fsp3) is 0.938. The minimum atomic E-state index is 0.331. The van der Waals surface area contributed by atoms with Crippen LogP contribution in [0.15, 0.2) is 0 Å². The number of hydrogen-bond donors (Lipinski definition) is 0. The number of hydrogen-bond acceptors (Lipinski definition) is 3. The summed E-state index contributed by atoms with van der Waals surface area (Å²) >= 11 is 0. The van der Waals surface area contributed by atoms with Gasteiger partial charge in [0, 0.05) is 33.2 Å². The molecule has 3 rings (SSSR count). The van der Waals surface area contributed by atoms with Gasteiger partial charge >= 0.3 is 0 Å². The SMILES string of the molecule is CN1CC2(CCC1=O)CCN(CC1CCCOC1)CC2. The highest BCUT2D eigenvalue weighted by Crippen LogP contribution is 2.40. The molecule has 0 bridgehead atoms. The summed E-state index contributed by atoms with van der Waals surface area (Å²) in [6.07, 6.45) is 6.95. The first-order valence-corrected chi connectivity index (χ1v) is 8.21. The molecule has 1 atom stereocenters. The molecule has 0 radical (unpaired) electrons. The Balaban J connectivity index is 1.48. The maximum Gasteiger partial charge on any atom is 0.222 e. The molecule has 0 aromatic heterocycles. The highest BCUT2D eigenvalue weighted by atomic mass is 16.5. The summed E-state index contributed by atoms with van der Waals surface area (Å²) in [7, 11) is 1.97. The summed E-state index contributed by atoms with van der Waals surface area (Å²) < 4.78 is 5.59. The second kappa shape index (κ2) is 6.02. The van der Waals surface area contributed by atoms with Gasteiger partial charge in [-0.05, 0) is 56.5 Å². The molecule has 0 aromatic rings. The molecule has 3 saturated heterocycles. The second-order valence-electron chi connectivity index (χ2n) is 7.13. The van der Waals surface area contributed by atoms with Gasteiger partial charge < -0.3 is 14.5 Å². The van der Waals surface area contributed by atoms with E-state index in [0.29, 0.717) is 11.3 Å². The van der Waals surface area contributed by atoms with Gasteiger partial charge in [-0.3, -0.25) is 4.79 Å². The van der Waals surface area contributed by atoms with Crippen LogP contribution in [0, 0.1) is 11.3 Å². The first-order valence-electron chi connectivity index (χ1n) is 8.21. The minimum absolute atomic E-state index is 0.331. The molecule has 0 saturated carbocycles. The fourth-order valence-electron chi connectivity index (χ4n) is 4.17. The van der Waals surface area contributed by atoms with E-state index in [1.807, 2.05) is 11.9 Å². The molecule has 0 aromatic carbocycles. The maximum absolute atomic E-state index is 11.6. The predicted molar refractivity (Wildman–Crippen MR) is 78.5 cm³/mol.